The van der Waals surface area contributed by atoms with Crippen molar-refractivity contribution in [1.29, 1.82) is 0 Å². The second-order valence-corrected chi connectivity index (χ2v) is 12.6. The molecule has 1 aliphatic heterocycles. The molecular weight excluding hydrogens is 762 g/mol. The molecule has 236 valence electrons. The molecule has 0 aliphatic carbocycles. The third-order valence-electron chi connectivity index (χ3n) is 8.53. The van der Waals surface area contributed by atoms with E-state index in [2.05, 4.69) is 151 Å². The average molecular weight is 794 g/mol. The molecule has 47 heavy (non-hydrogen) atoms. The fourth-order valence-corrected chi connectivity index (χ4v) is 6.15. The molecule has 0 saturated heterocycles. The molecule has 0 N–H and O–H groups in total. The van der Waals surface area contributed by atoms with Crippen molar-refractivity contribution in [3.63, 3.8) is 0 Å². The number of anilines is 3. The van der Waals surface area contributed by atoms with E-state index in [4.69, 9.17) is 9.72 Å². The van der Waals surface area contributed by atoms with Gasteiger partial charge >= 0.3 is 0 Å². The molecule has 4 heterocycles. The average Bonchev–Trinajstić information content (AvgIpc) is 3.59. The van der Waals surface area contributed by atoms with E-state index in [-0.39, 0.29) is 26.5 Å². The van der Waals surface area contributed by atoms with Gasteiger partial charge in [-0.1, -0.05) is 80.9 Å². The molecule has 0 radical (unpaired) electrons. The number of aromatic nitrogens is 3. The summed E-state index contributed by atoms with van der Waals surface area (Å²) in [5.74, 6) is 1.77. The Morgan fingerprint density at radius 2 is 1.51 bits per heavy atom. The number of benzene rings is 4. The maximum atomic E-state index is 6.35. The maximum Gasteiger partial charge on any atom is 0.135 e. The van der Waals surface area contributed by atoms with Crippen molar-refractivity contribution in [2.45, 2.75) is 26.2 Å². The number of para-hydroxylation sites is 1. The Bertz CT molecular complexity index is 2240. The van der Waals surface area contributed by atoms with Gasteiger partial charge in [-0.3, -0.25) is 4.98 Å². The van der Waals surface area contributed by atoms with Crippen LogP contribution in [0.5, 0.6) is 11.6 Å². The molecule has 6 nitrogen and oxygen atoms in total. The van der Waals surface area contributed by atoms with E-state index in [1.165, 1.54) is 11.1 Å². The van der Waals surface area contributed by atoms with Crippen molar-refractivity contribution in [3.8, 4) is 28.6 Å². The normalized spacial score (nSPS) is 12.8. The number of hydrogen-bond donors (Lipinski definition) is 0. The molecule has 7 heteroatoms. The number of pyridine rings is 2. The van der Waals surface area contributed by atoms with E-state index in [0.29, 0.717) is 11.6 Å². The maximum absolute atomic E-state index is 6.35. The summed E-state index contributed by atoms with van der Waals surface area (Å²) in [6, 6.07) is 42.5. The van der Waals surface area contributed by atoms with Crippen LogP contribution < -0.4 is 14.5 Å². The molecule has 1 aliphatic rings. The summed E-state index contributed by atoms with van der Waals surface area (Å²) in [7, 11) is 2.05. The van der Waals surface area contributed by atoms with Gasteiger partial charge in [0.2, 0.25) is 0 Å². The first-order valence-corrected chi connectivity index (χ1v) is 15.4. The van der Waals surface area contributed by atoms with Crippen molar-refractivity contribution in [2.24, 2.45) is 0 Å². The summed E-state index contributed by atoms with van der Waals surface area (Å²) >= 11 is 0. The van der Waals surface area contributed by atoms with Crippen LogP contribution in [0.1, 0.15) is 26.3 Å². The predicted molar refractivity (Wildman–Crippen MR) is 186 cm³/mol. The van der Waals surface area contributed by atoms with Crippen LogP contribution in [0.4, 0.5) is 17.1 Å². The largest absolute Gasteiger partial charge is 0.504 e. The topological polar surface area (TPSA) is 46.4 Å². The van der Waals surface area contributed by atoms with Crippen LogP contribution in [-0.4, -0.2) is 21.6 Å². The molecule has 0 bridgehead atoms. The van der Waals surface area contributed by atoms with Gasteiger partial charge < -0.3 is 19.1 Å². The third kappa shape index (κ3) is 5.57. The van der Waals surface area contributed by atoms with Crippen LogP contribution in [-0.2, 0) is 26.5 Å². The molecule has 3 aromatic heterocycles. The fraction of sp³-hybridized carbons (Fsp3) is 0.125. The summed E-state index contributed by atoms with van der Waals surface area (Å²) in [6.45, 7) is 8.70. The molecule has 0 spiro atoms. The quantitative estimate of drug-likeness (QED) is 0.163. The van der Waals surface area contributed by atoms with Crippen molar-refractivity contribution >= 4 is 38.9 Å². The Balaban J connectivity index is 0.00000351. The van der Waals surface area contributed by atoms with Gasteiger partial charge in [0.25, 0.3) is 0 Å². The number of hydrogen-bond acceptors (Lipinski definition) is 5. The van der Waals surface area contributed by atoms with E-state index in [1.807, 2.05) is 24.4 Å². The monoisotopic (exact) mass is 793 g/mol. The van der Waals surface area contributed by atoms with Crippen molar-refractivity contribution < 1.29 is 25.8 Å². The van der Waals surface area contributed by atoms with Gasteiger partial charge in [0, 0.05) is 49.9 Å². The van der Waals surface area contributed by atoms with E-state index in [1.54, 1.807) is 6.20 Å². The van der Waals surface area contributed by atoms with Crippen LogP contribution in [0.15, 0.2) is 116 Å². The Hall–Kier alpha value is -4.93. The molecule has 7 aromatic rings. The van der Waals surface area contributed by atoms with Crippen LogP contribution in [0.2, 0.25) is 0 Å². The summed E-state index contributed by atoms with van der Waals surface area (Å²) in [4.78, 5) is 13.5. The van der Waals surface area contributed by atoms with Crippen LogP contribution in [0, 0.1) is 18.8 Å². The molecule has 0 amide bonds. The Morgan fingerprint density at radius 3 is 2.34 bits per heavy atom. The first-order valence-electron chi connectivity index (χ1n) is 15.4. The predicted octanol–water partition coefficient (Wildman–Crippen LogP) is 9.64. The summed E-state index contributed by atoms with van der Waals surface area (Å²) in [6.07, 6.45) is 3.64. The number of ether oxygens (including phenoxy) is 1. The van der Waals surface area contributed by atoms with Gasteiger partial charge in [-0.15, -0.1) is 17.5 Å². The van der Waals surface area contributed by atoms with Crippen molar-refractivity contribution in [3.05, 3.63) is 140 Å². The Morgan fingerprint density at radius 1 is 0.723 bits per heavy atom. The SMILES string of the molecule is CN1[CH-]N(c2[c-]c(Oc3[c-]c4c(cc3)c3ccccc3n4-c3cc(C(C)(C)C)ccn3)ncc2)c2cc(-c3ccccc3)ccc21.[Pt]. The van der Waals surface area contributed by atoms with Gasteiger partial charge in [-0.25, -0.2) is 4.98 Å². The minimum atomic E-state index is -0.00778. The smallest absolute Gasteiger partial charge is 0.135 e. The second-order valence-electron chi connectivity index (χ2n) is 12.6. The van der Waals surface area contributed by atoms with Gasteiger partial charge in [-0.2, -0.15) is 30.6 Å². The number of nitrogens with zero attached hydrogens (tertiary/aromatic N) is 5. The zero-order valence-corrected chi connectivity index (χ0v) is 28.8. The fourth-order valence-electron chi connectivity index (χ4n) is 6.15. The van der Waals surface area contributed by atoms with E-state index in [9.17, 15) is 0 Å². The zero-order valence-electron chi connectivity index (χ0n) is 26.5. The van der Waals surface area contributed by atoms with Crippen molar-refractivity contribution in [2.75, 3.05) is 16.8 Å². The molecule has 0 fully saturated rings. The number of fused-ring (bicyclic) bond motifs is 4. The van der Waals surface area contributed by atoms with Crippen LogP contribution in [0.3, 0.4) is 0 Å². The van der Waals surface area contributed by atoms with Gasteiger partial charge in [0.15, 0.2) is 0 Å². The Labute approximate surface area is 289 Å². The van der Waals surface area contributed by atoms with Gasteiger partial charge in [-0.05, 0) is 71.1 Å². The third-order valence-corrected chi connectivity index (χ3v) is 8.53. The van der Waals surface area contributed by atoms with E-state index in [0.717, 1.165) is 50.2 Å². The van der Waals surface area contributed by atoms with Crippen molar-refractivity contribution in [1.82, 2.24) is 14.5 Å². The van der Waals surface area contributed by atoms with Gasteiger partial charge in [0.05, 0.1) is 0 Å². The van der Waals surface area contributed by atoms with E-state index < -0.39 is 0 Å². The molecule has 8 rings (SSSR count). The van der Waals surface area contributed by atoms with E-state index >= 15 is 0 Å². The van der Waals surface area contributed by atoms with Gasteiger partial charge in [0.1, 0.15) is 11.7 Å². The van der Waals surface area contributed by atoms with Crippen LogP contribution >= 0.6 is 0 Å². The molecular formula is C40H32N5OPt-3. The number of rotatable bonds is 5. The molecule has 0 unspecified atom stereocenters. The summed E-state index contributed by atoms with van der Waals surface area (Å²) in [5, 5.41) is 2.22. The minimum absolute atomic E-state index is 0. The standard InChI is InChI=1S/C40H32N5O.Pt/c1-40(2,3)29-18-20-41-38(23-29)45-34-13-9-8-12-32(34)33-16-15-31(25-36(33)45)46-39-24-30(19-21-42-39)44-26-43(4)35-17-14-28(22-37(35)44)27-10-6-5-7-11-27;/h5-23,26H,1-4H3;/q-3;. The molecule has 0 saturated carbocycles. The first-order chi connectivity index (χ1) is 22.3. The first kappa shape index (κ1) is 30.7. The molecule has 0 atom stereocenters. The minimum Gasteiger partial charge on any atom is -0.504 e. The van der Waals surface area contributed by atoms with Crippen LogP contribution in [0.25, 0.3) is 38.8 Å². The zero-order chi connectivity index (χ0) is 31.4. The summed E-state index contributed by atoms with van der Waals surface area (Å²) in [5.41, 5.74) is 8.51. The molecule has 4 aromatic carbocycles. The second kappa shape index (κ2) is 12.0. The Kier molecular flexibility index (Phi) is 7.85. The summed E-state index contributed by atoms with van der Waals surface area (Å²) < 4.78 is 8.51.